The van der Waals surface area contributed by atoms with Gasteiger partial charge in [0.2, 0.25) is 0 Å². The maximum atomic E-state index is 10.9. The Labute approximate surface area is 144 Å². The first-order valence-corrected chi connectivity index (χ1v) is 4.88. The van der Waals surface area contributed by atoms with E-state index in [1.807, 2.05) is 30.3 Å². The van der Waals surface area contributed by atoms with Crippen molar-refractivity contribution < 1.29 is 59.3 Å². The van der Waals surface area contributed by atoms with E-state index in [0.29, 0.717) is 0 Å². The summed E-state index contributed by atoms with van der Waals surface area (Å²) in [6.45, 7) is 0. The summed E-state index contributed by atoms with van der Waals surface area (Å²) in [6.07, 6.45) is -10.1. The molecule has 0 amide bonds. The largest absolute Gasteiger partial charge is 0.999 e. The second kappa shape index (κ2) is 13.5. The van der Waals surface area contributed by atoms with Gasteiger partial charge in [0.1, 0.15) is 0 Å². The second-order valence-corrected chi connectivity index (χ2v) is 2.89. The van der Waals surface area contributed by atoms with E-state index in [4.69, 9.17) is 0 Å². The van der Waals surface area contributed by atoms with Crippen molar-refractivity contribution in [2.24, 2.45) is 0 Å². The quantitative estimate of drug-likeness (QED) is 0.268. The molecule has 22 heavy (non-hydrogen) atoms. The van der Waals surface area contributed by atoms with Gasteiger partial charge in [0, 0.05) is 44.8 Å². The van der Waals surface area contributed by atoms with Gasteiger partial charge in [-0.1, -0.05) is 0 Å². The number of hydrogen-bond donors (Lipinski definition) is 0. The average molecular weight is 406 g/mol. The van der Waals surface area contributed by atoms with Crippen LogP contribution < -0.4 is 0 Å². The van der Waals surface area contributed by atoms with Crippen LogP contribution in [-0.2, 0) is 33.0 Å². The molecule has 2 aromatic rings. The fourth-order valence-electron chi connectivity index (χ4n) is 0.643. The minimum Gasteiger partial charge on any atom is -0.999 e. The Balaban J connectivity index is -0.000000254. The van der Waals surface area contributed by atoms with Gasteiger partial charge in [0.05, 0.1) is 0 Å². The first-order chi connectivity index (χ1) is 9.21. The summed E-state index contributed by atoms with van der Waals surface area (Å²) in [4.78, 5) is 0. The minimum absolute atomic E-state index is 0. The molecule has 2 aromatic carbocycles. The van der Waals surface area contributed by atoms with Crippen LogP contribution in [0.4, 0.5) is 26.3 Å². The molecule has 0 nitrogen and oxygen atoms in total. The Morgan fingerprint density at radius 3 is 1.23 bits per heavy atom. The Bertz CT molecular complexity index is 393. The molecular formula is C14H6F6Ni2-6. The van der Waals surface area contributed by atoms with Crippen molar-refractivity contribution in [3.05, 3.63) is 60.7 Å². The predicted molar refractivity (Wildman–Crippen MR) is 59.3 cm³/mol. The Hall–Kier alpha value is -1.17. The standard InChI is InChI=1S/C5H5.C5H.C4F6.2Ni/c2*1-2-4-5-3-1;5-3(6,7)1-2-4(8,9)10;;/h1-5H;1H;;;/q-1;-5;;;. The topological polar surface area (TPSA) is 0 Å². The molecule has 0 saturated carbocycles. The van der Waals surface area contributed by atoms with Crippen LogP contribution in [0.2, 0.25) is 0 Å². The normalized spacial score (nSPS) is 9.18. The zero-order chi connectivity index (χ0) is 15.5. The van der Waals surface area contributed by atoms with Crippen molar-refractivity contribution in [3.63, 3.8) is 0 Å². The van der Waals surface area contributed by atoms with Crippen LogP contribution >= 0.6 is 0 Å². The fraction of sp³-hybridized carbons (Fsp3) is 0.143. The van der Waals surface area contributed by atoms with Crippen LogP contribution in [0.5, 0.6) is 0 Å². The van der Waals surface area contributed by atoms with Crippen LogP contribution in [0, 0.1) is 36.1 Å². The third-order valence-electron chi connectivity index (χ3n) is 1.25. The molecule has 0 unspecified atom stereocenters. The predicted octanol–water partition coefficient (Wildman–Crippen LogP) is 4.12. The van der Waals surface area contributed by atoms with Crippen LogP contribution in [0.15, 0.2) is 36.4 Å². The van der Waals surface area contributed by atoms with Gasteiger partial charge < -0.3 is 30.3 Å². The van der Waals surface area contributed by atoms with Crippen molar-refractivity contribution >= 4 is 0 Å². The smallest absolute Gasteiger partial charge is 0.457 e. The third kappa shape index (κ3) is 23.9. The summed E-state index contributed by atoms with van der Waals surface area (Å²) in [6, 6.07) is 22.0. The van der Waals surface area contributed by atoms with Crippen molar-refractivity contribution in [3.8, 4) is 11.8 Å². The number of rotatable bonds is 0. The SMILES string of the molecule is FC(F)(F)C#CC(F)(F)F.[Ni].[Ni].[c-]1[c-][c-][cH-][c-]1.c1cc[cH-]c1. The van der Waals surface area contributed by atoms with E-state index in [2.05, 4.69) is 24.3 Å². The minimum atomic E-state index is -5.07. The Kier molecular flexibility index (Phi) is 15.8. The summed E-state index contributed by atoms with van der Waals surface area (Å²) in [5, 5.41) is 0. The molecule has 0 heterocycles. The van der Waals surface area contributed by atoms with Gasteiger partial charge in [0.15, 0.2) is 0 Å². The van der Waals surface area contributed by atoms with Gasteiger partial charge in [-0.25, -0.2) is 12.1 Å². The summed E-state index contributed by atoms with van der Waals surface area (Å²) in [5.41, 5.74) is 0. The first kappa shape index (κ1) is 25.8. The van der Waals surface area contributed by atoms with Gasteiger partial charge in [-0.2, -0.15) is 44.5 Å². The van der Waals surface area contributed by atoms with Crippen molar-refractivity contribution in [1.29, 1.82) is 0 Å². The molecule has 0 spiro atoms. The van der Waals surface area contributed by atoms with Gasteiger partial charge >= 0.3 is 12.4 Å². The van der Waals surface area contributed by atoms with Crippen LogP contribution in [0.1, 0.15) is 0 Å². The van der Waals surface area contributed by atoms with E-state index >= 15 is 0 Å². The molecule has 0 N–H and O–H groups in total. The fourth-order valence-corrected chi connectivity index (χ4v) is 0.643. The van der Waals surface area contributed by atoms with E-state index in [0.717, 1.165) is 0 Å². The zero-order valence-corrected chi connectivity index (χ0v) is 12.3. The number of halogens is 6. The Morgan fingerprint density at radius 2 is 1.09 bits per heavy atom. The summed E-state index contributed by atoms with van der Waals surface area (Å²) in [5.74, 6) is 0.174. The first-order valence-electron chi connectivity index (χ1n) is 4.88. The molecule has 0 radical (unpaired) electrons. The second-order valence-electron chi connectivity index (χ2n) is 2.89. The Morgan fingerprint density at radius 1 is 0.727 bits per heavy atom. The molecule has 0 saturated heterocycles. The van der Waals surface area contributed by atoms with Crippen LogP contribution in [0.3, 0.4) is 0 Å². The molecule has 0 fully saturated rings. The number of hydrogen-bond acceptors (Lipinski definition) is 0. The van der Waals surface area contributed by atoms with E-state index < -0.39 is 12.4 Å². The van der Waals surface area contributed by atoms with E-state index in [1.54, 1.807) is 6.07 Å². The molecule has 2 rings (SSSR count). The molecule has 8 heteroatoms. The van der Waals surface area contributed by atoms with Crippen molar-refractivity contribution in [2.45, 2.75) is 12.4 Å². The molecule has 0 aliphatic rings. The van der Waals surface area contributed by atoms with Crippen molar-refractivity contribution in [2.75, 3.05) is 0 Å². The van der Waals surface area contributed by atoms with Gasteiger partial charge in [-0.15, -0.1) is 0 Å². The van der Waals surface area contributed by atoms with E-state index in [9.17, 15) is 26.3 Å². The summed E-state index contributed by atoms with van der Waals surface area (Å²) >= 11 is 0. The molecule has 0 bridgehead atoms. The maximum absolute atomic E-state index is 10.9. The van der Waals surface area contributed by atoms with Crippen molar-refractivity contribution in [1.82, 2.24) is 0 Å². The summed E-state index contributed by atoms with van der Waals surface area (Å²) < 4.78 is 65.5. The van der Waals surface area contributed by atoms with E-state index in [1.165, 1.54) is 0 Å². The molecule has 0 aliphatic carbocycles. The zero-order valence-electron chi connectivity index (χ0n) is 10.4. The average Bonchev–Trinajstić information content (AvgIpc) is 3.03. The number of alkyl halides is 6. The van der Waals surface area contributed by atoms with Crippen LogP contribution in [-0.4, -0.2) is 12.4 Å². The third-order valence-corrected chi connectivity index (χ3v) is 1.25. The monoisotopic (exact) mass is 404 g/mol. The van der Waals surface area contributed by atoms with Gasteiger partial charge in [-0.3, -0.25) is 0 Å². The molecular weight excluding hydrogens is 400 g/mol. The molecule has 0 aliphatic heterocycles. The van der Waals surface area contributed by atoms with Gasteiger partial charge in [0.25, 0.3) is 0 Å². The molecule has 0 atom stereocenters. The van der Waals surface area contributed by atoms with Crippen LogP contribution in [0.25, 0.3) is 0 Å². The molecule has 130 valence electrons. The maximum Gasteiger partial charge on any atom is 0.457 e. The van der Waals surface area contributed by atoms with Gasteiger partial charge in [-0.05, 0) is 0 Å². The summed E-state index contributed by atoms with van der Waals surface area (Å²) in [7, 11) is 0. The van der Waals surface area contributed by atoms with E-state index in [-0.39, 0.29) is 44.8 Å². The molecule has 0 aromatic heterocycles.